The highest BCUT2D eigenvalue weighted by Crippen LogP contribution is 2.39. The van der Waals surface area contributed by atoms with E-state index in [9.17, 15) is 96.4 Å². The van der Waals surface area contributed by atoms with Gasteiger partial charge < -0.3 is 173 Å². The Balaban J connectivity index is 0.917. The van der Waals surface area contributed by atoms with Gasteiger partial charge in [-0.05, 0) is 19.3 Å². The molecule has 24 rings (SSSR count). The van der Waals surface area contributed by atoms with Crippen molar-refractivity contribution in [1.29, 1.82) is 0 Å². The molecule has 570 valence electrons. The van der Waals surface area contributed by atoms with Gasteiger partial charge in [0.25, 0.3) is 0 Å². The first-order valence-electron chi connectivity index (χ1n) is 32.8. The number of nitrogens with zero attached hydrogens (tertiary/aromatic N) is 3. The van der Waals surface area contributed by atoms with Crippen LogP contribution in [0.5, 0.6) is 0 Å². The maximum absolute atomic E-state index is 13.1. The summed E-state index contributed by atoms with van der Waals surface area (Å²) in [5.41, 5.74) is 2.28. The normalized spacial score (nSPS) is 42.4. The SMILES string of the molecule is O=C(CCOCCOCCOCCOCCNC(=O)COC1CCCCCc2c1nnn2CC1OC2OC3C(CO)OC(OC4C(CO)OC(OC5C(CO)OC(OC6C(CO)OC(OC7C(CO)OC(OC1C(O)C2O)C(O)C7O)C(O)C6O)C(O)C5O)C(O)C4O)C(O)C3O)NO. The zero-order valence-electron chi connectivity index (χ0n) is 53.6. The Morgan fingerprint density at radius 2 is 0.747 bits per heavy atom. The molecule has 0 spiro atoms. The Morgan fingerprint density at radius 1 is 0.414 bits per heavy atom. The standard InChI is InChI=1S/C57H95N5O37/c63-17-26-47-36(72)42(78)54(90-26)97-49-28(19-65)92-56(44(80)38(49)74)99-51-30(21-67)93-57(45(81)39(51)75)98-50-29(20-66)91-55(43(79)37(50)73)96-48-27(18-64)89-53(41(77)35(48)71)94-46-25(88-52(95-47)40(76)34(46)70)16-62-23-4-2-1-3-5-24(33(23)59-61-62)87-22-32(69)58-7-9-84-11-13-86-15-14-85-12-10-83-8-6-31(68)60-82/h24-30,34-57,63-67,70-82H,1-22H2,(H,58,69)(H,60,68). The van der Waals surface area contributed by atoms with Crippen LogP contribution in [0.25, 0.3) is 0 Å². The number of ether oxygens (including phenoxy) is 17. The monoisotopic (exact) mass is 1440 g/mol. The molecule has 22 fully saturated rings. The van der Waals surface area contributed by atoms with Gasteiger partial charge >= 0.3 is 0 Å². The molecule has 31 unspecified atom stereocenters. The molecule has 12 bridgehead atoms. The predicted octanol–water partition coefficient (Wildman–Crippen LogP) is -12.5. The van der Waals surface area contributed by atoms with E-state index in [-0.39, 0.29) is 65.8 Å². The van der Waals surface area contributed by atoms with E-state index >= 15 is 0 Å². The van der Waals surface area contributed by atoms with E-state index < -0.39 is 248 Å². The molecule has 99 heavy (non-hydrogen) atoms. The van der Waals surface area contributed by atoms with E-state index in [2.05, 4.69) is 15.6 Å². The lowest BCUT2D eigenvalue weighted by atomic mass is 9.94. The maximum atomic E-state index is 13.1. The van der Waals surface area contributed by atoms with Gasteiger partial charge in [-0.1, -0.05) is 18.1 Å². The van der Waals surface area contributed by atoms with Crippen LogP contribution in [0.3, 0.4) is 0 Å². The summed E-state index contributed by atoms with van der Waals surface area (Å²) in [6.07, 6.45) is -58.2. The molecule has 2 amide bonds. The number of aliphatic hydroxyl groups excluding tert-OH is 17. The second kappa shape index (κ2) is 38.1. The molecule has 0 radical (unpaired) electrons. The van der Waals surface area contributed by atoms with Crippen molar-refractivity contribution >= 4 is 11.8 Å². The van der Waals surface area contributed by atoms with Crippen molar-refractivity contribution in [3.05, 3.63) is 11.4 Å². The topological polar surface area (TPSA) is 610 Å². The Bertz CT molecular complexity index is 2570. The van der Waals surface area contributed by atoms with Crippen LogP contribution in [0.15, 0.2) is 0 Å². The molecule has 22 saturated heterocycles. The number of hydrogen-bond acceptors (Lipinski definition) is 39. The summed E-state index contributed by atoms with van der Waals surface area (Å²) >= 11 is 0. The molecule has 0 saturated carbocycles. The summed E-state index contributed by atoms with van der Waals surface area (Å²) in [5, 5.41) is 212. The number of nitrogens with one attached hydrogen (secondary N) is 2. The number of amides is 2. The lowest BCUT2D eigenvalue weighted by molar-refractivity contribution is -0.403. The first-order chi connectivity index (χ1) is 47.7. The van der Waals surface area contributed by atoms with Crippen LogP contribution in [0.2, 0.25) is 0 Å². The van der Waals surface area contributed by atoms with Crippen LogP contribution in [-0.4, -0.2) is 402 Å². The van der Waals surface area contributed by atoms with E-state index in [1.807, 2.05) is 0 Å². The largest absolute Gasteiger partial charge is 0.394 e. The minimum absolute atomic E-state index is 0.00864. The van der Waals surface area contributed by atoms with Crippen molar-refractivity contribution in [3.63, 3.8) is 0 Å². The second-order valence-electron chi connectivity index (χ2n) is 24.7. The third-order valence-corrected chi connectivity index (χ3v) is 18.1. The summed E-state index contributed by atoms with van der Waals surface area (Å²) in [5.74, 6) is -1.04. The minimum Gasteiger partial charge on any atom is -0.394 e. The predicted molar refractivity (Wildman–Crippen MR) is 310 cm³/mol. The van der Waals surface area contributed by atoms with Gasteiger partial charge in [-0.3, -0.25) is 14.8 Å². The van der Waals surface area contributed by atoms with Gasteiger partial charge in [-0.25, -0.2) is 10.2 Å². The number of hydrogen-bond donors (Lipinski definition) is 20. The molecule has 1 aromatic heterocycles. The van der Waals surface area contributed by atoms with Gasteiger partial charge in [0, 0.05) is 6.54 Å². The zero-order chi connectivity index (χ0) is 71.2. The second-order valence-corrected chi connectivity index (χ2v) is 24.7. The summed E-state index contributed by atoms with van der Waals surface area (Å²) < 4.78 is 100. The van der Waals surface area contributed by atoms with Crippen LogP contribution >= 0.6 is 0 Å². The molecule has 20 N–H and O–H groups in total. The average molecular weight is 1440 g/mol. The number of aromatic nitrogens is 3. The minimum atomic E-state index is -2.22. The maximum Gasteiger partial charge on any atom is 0.246 e. The molecule has 42 nitrogen and oxygen atoms in total. The third kappa shape index (κ3) is 19.4. The number of carbonyl (C=O) groups excluding carboxylic acids is 2. The first-order valence-corrected chi connectivity index (χ1v) is 32.8. The number of rotatable bonds is 25. The highest BCUT2D eigenvalue weighted by Gasteiger charge is 2.59. The lowest BCUT2D eigenvalue weighted by Crippen LogP contribution is -2.69. The van der Waals surface area contributed by atoms with Crippen molar-refractivity contribution in [2.75, 3.05) is 99.0 Å². The lowest BCUT2D eigenvalue weighted by Gasteiger charge is -2.50. The molecule has 31 atom stereocenters. The van der Waals surface area contributed by atoms with Crippen molar-refractivity contribution in [1.82, 2.24) is 25.8 Å². The summed E-state index contributed by atoms with van der Waals surface area (Å²) in [4.78, 5) is 24.1. The molecule has 0 aromatic carbocycles. The van der Waals surface area contributed by atoms with Crippen LogP contribution in [0, 0.1) is 0 Å². The molecular formula is C57H95N5O37. The van der Waals surface area contributed by atoms with Gasteiger partial charge in [0.15, 0.2) is 37.7 Å². The van der Waals surface area contributed by atoms with Gasteiger partial charge in [0.1, 0.15) is 165 Å². The van der Waals surface area contributed by atoms with Gasteiger partial charge in [-0.15, -0.1) is 5.10 Å². The van der Waals surface area contributed by atoms with E-state index in [4.69, 9.17) is 85.7 Å². The Labute approximate surface area is 564 Å². The van der Waals surface area contributed by atoms with Crippen LogP contribution in [0.4, 0.5) is 0 Å². The fraction of sp³-hybridized carbons (Fsp3) is 0.930. The molecule has 1 aromatic rings. The third-order valence-electron chi connectivity index (χ3n) is 18.1. The quantitative estimate of drug-likeness (QED) is 0.0246. The van der Waals surface area contributed by atoms with E-state index in [1.54, 1.807) is 0 Å². The molecule has 1 aliphatic carbocycles. The van der Waals surface area contributed by atoms with Crippen LogP contribution < -0.4 is 10.8 Å². The van der Waals surface area contributed by atoms with Crippen molar-refractivity contribution in [3.8, 4) is 0 Å². The Kier molecular flexibility index (Phi) is 30.7. The smallest absolute Gasteiger partial charge is 0.246 e. The van der Waals surface area contributed by atoms with E-state index in [0.29, 0.717) is 43.5 Å². The van der Waals surface area contributed by atoms with Crippen molar-refractivity contribution in [2.24, 2.45) is 0 Å². The number of aliphatic hydroxyl groups is 17. The van der Waals surface area contributed by atoms with Crippen molar-refractivity contribution in [2.45, 2.75) is 235 Å². The van der Waals surface area contributed by atoms with E-state index in [0.717, 1.165) is 0 Å². The summed E-state index contributed by atoms with van der Waals surface area (Å²) in [7, 11) is 0. The highest BCUT2D eigenvalue weighted by atomic mass is 16.8. The molecule has 42 heteroatoms. The van der Waals surface area contributed by atoms with Crippen LogP contribution in [0.1, 0.15) is 49.6 Å². The van der Waals surface area contributed by atoms with Gasteiger partial charge in [0.05, 0.1) is 105 Å². The Morgan fingerprint density at radius 3 is 1.10 bits per heavy atom. The number of fused-ring (bicyclic) bond motifs is 1. The average Bonchev–Trinajstić information content (AvgIpc) is 1.81. The first kappa shape index (κ1) is 79.8. The fourth-order valence-corrected chi connectivity index (χ4v) is 12.7. The summed E-state index contributed by atoms with van der Waals surface area (Å²) in [6.45, 7) is -4.09. The Hall–Kier alpha value is -3.32. The van der Waals surface area contributed by atoms with E-state index in [1.165, 1.54) is 10.2 Å². The fourth-order valence-electron chi connectivity index (χ4n) is 12.7. The van der Waals surface area contributed by atoms with Crippen molar-refractivity contribution < 1.29 is 182 Å². The molecule has 23 aliphatic rings. The zero-order valence-corrected chi connectivity index (χ0v) is 53.6. The molecular weight excluding hydrogens is 1350 g/mol. The van der Waals surface area contributed by atoms with Gasteiger partial charge in [0.2, 0.25) is 11.8 Å². The summed E-state index contributed by atoms with van der Waals surface area (Å²) in [6, 6.07) is 0. The van der Waals surface area contributed by atoms with Crippen LogP contribution in [-0.2, 0) is 103 Å². The molecule has 22 aliphatic heterocycles. The number of hydroxylamine groups is 1. The highest BCUT2D eigenvalue weighted by molar-refractivity contribution is 5.77. The van der Waals surface area contributed by atoms with Gasteiger partial charge in [-0.2, -0.15) is 0 Å². The molecule has 23 heterocycles. The number of carbonyl (C=O) groups is 2.